The Balaban J connectivity index is 1.40. The van der Waals surface area contributed by atoms with Gasteiger partial charge >= 0.3 is 0 Å². The van der Waals surface area contributed by atoms with Gasteiger partial charge in [0.25, 0.3) is 0 Å². The van der Waals surface area contributed by atoms with Crippen LogP contribution < -0.4 is 5.32 Å². The number of hydrogen-bond acceptors (Lipinski definition) is 3. The van der Waals surface area contributed by atoms with Crippen molar-refractivity contribution in [1.29, 1.82) is 0 Å². The lowest BCUT2D eigenvalue weighted by Crippen LogP contribution is -2.47. The minimum Gasteiger partial charge on any atom is -0.391 e. The molecule has 0 radical (unpaired) electrons. The maximum absolute atomic E-state index is 11.1. The van der Waals surface area contributed by atoms with Crippen LogP contribution in [-0.4, -0.2) is 22.4 Å². The minimum atomic E-state index is -0.408. The molecule has 0 spiro atoms. The van der Waals surface area contributed by atoms with Gasteiger partial charge in [-0.05, 0) is 74.8 Å². The highest BCUT2D eigenvalue weighted by Gasteiger charge is 2.32. The number of allylic oxidation sites excluding steroid dienone is 2. The Bertz CT molecular complexity index is 823. The molecule has 166 valence electrons. The van der Waals surface area contributed by atoms with Crippen molar-refractivity contribution in [3.8, 4) is 0 Å². The molecule has 3 atom stereocenters. The molecule has 2 aliphatic carbocycles. The quantitative estimate of drug-likeness (QED) is 0.438. The van der Waals surface area contributed by atoms with Crippen LogP contribution in [0.25, 0.3) is 0 Å². The summed E-state index contributed by atoms with van der Waals surface area (Å²) in [4.78, 5) is 0. The van der Waals surface area contributed by atoms with Crippen LogP contribution in [0.3, 0.4) is 0 Å². The van der Waals surface area contributed by atoms with Gasteiger partial charge in [0.2, 0.25) is 0 Å². The van der Waals surface area contributed by atoms with Gasteiger partial charge in [-0.3, -0.25) is 0 Å². The van der Waals surface area contributed by atoms with Gasteiger partial charge in [0.15, 0.2) is 0 Å². The van der Waals surface area contributed by atoms with Crippen LogP contribution in [0.5, 0.6) is 0 Å². The Morgan fingerprint density at radius 1 is 0.903 bits per heavy atom. The van der Waals surface area contributed by atoms with Gasteiger partial charge in [-0.2, -0.15) is 0 Å². The van der Waals surface area contributed by atoms with Crippen LogP contribution in [0.2, 0.25) is 0 Å². The molecule has 3 nitrogen and oxygen atoms in total. The molecule has 0 saturated heterocycles. The fourth-order valence-electron chi connectivity index (χ4n) is 4.78. The number of rotatable bonds is 11. The lowest BCUT2D eigenvalue weighted by molar-refractivity contribution is 0.0331. The summed E-state index contributed by atoms with van der Waals surface area (Å²) in [5, 5.41) is 25.5. The molecule has 2 saturated carbocycles. The first-order chi connectivity index (χ1) is 15.2. The van der Waals surface area contributed by atoms with Crippen molar-refractivity contribution in [1.82, 2.24) is 5.32 Å². The summed E-state index contributed by atoms with van der Waals surface area (Å²) in [6.07, 6.45) is 9.91. The molecule has 0 bridgehead atoms. The molecule has 2 aromatic rings. The first-order valence-corrected chi connectivity index (χ1v) is 12.1. The molecule has 2 fully saturated rings. The van der Waals surface area contributed by atoms with Gasteiger partial charge in [0.05, 0.1) is 18.2 Å². The fraction of sp³-hybridized carbons (Fsp3) is 0.500. The summed E-state index contributed by atoms with van der Waals surface area (Å²) in [5.74, 6) is 0.425. The Hall–Kier alpha value is -2.10. The van der Waals surface area contributed by atoms with Crippen molar-refractivity contribution in [3.63, 3.8) is 0 Å². The molecular weight excluding hydrogens is 382 g/mol. The number of hydrogen-bond donors (Lipinski definition) is 3. The predicted molar refractivity (Wildman–Crippen MR) is 127 cm³/mol. The lowest BCUT2D eigenvalue weighted by Gasteiger charge is -2.37. The minimum absolute atomic E-state index is 0.0508. The Labute approximate surface area is 187 Å². The topological polar surface area (TPSA) is 52.5 Å². The SMILES string of the molecule is OC(CCCC(NC(Cc1ccccc1)C(O)C1CCC1)=C1CCC1)c1ccccc1. The van der Waals surface area contributed by atoms with Crippen molar-refractivity contribution >= 4 is 0 Å². The predicted octanol–water partition coefficient (Wildman–Crippen LogP) is 5.69. The van der Waals surface area contributed by atoms with Crippen LogP contribution in [-0.2, 0) is 6.42 Å². The average Bonchev–Trinajstić information content (AvgIpc) is 2.72. The molecule has 0 amide bonds. The highest BCUT2D eigenvalue weighted by molar-refractivity contribution is 5.22. The zero-order valence-electron chi connectivity index (χ0n) is 18.5. The van der Waals surface area contributed by atoms with Crippen molar-refractivity contribution in [3.05, 3.63) is 83.1 Å². The van der Waals surface area contributed by atoms with E-state index in [0.717, 1.165) is 44.1 Å². The van der Waals surface area contributed by atoms with Crippen LogP contribution in [0.1, 0.15) is 75.0 Å². The first-order valence-electron chi connectivity index (χ1n) is 12.1. The van der Waals surface area contributed by atoms with E-state index in [1.165, 1.54) is 42.5 Å². The Morgan fingerprint density at radius 3 is 2.16 bits per heavy atom. The van der Waals surface area contributed by atoms with Crippen LogP contribution in [0.15, 0.2) is 71.9 Å². The van der Waals surface area contributed by atoms with Crippen LogP contribution >= 0.6 is 0 Å². The largest absolute Gasteiger partial charge is 0.391 e. The number of nitrogens with one attached hydrogen (secondary N) is 1. The molecule has 4 rings (SSSR count). The van der Waals surface area contributed by atoms with Crippen molar-refractivity contribution in [2.75, 3.05) is 0 Å². The average molecular weight is 420 g/mol. The van der Waals surface area contributed by atoms with Crippen LogP contribution in [0.4, 0.5) is 0 Å². The third kappa shape index (κ3) is 5.99. The summed E-state index contributed by atoms with van der Waals surface area (Å²) in [7, 11) is 0. The number of aliphatic hydroxyl groups excluding tert-OH is 2. The molecule has 2 aliphatic rings. The third-order valence-electron chi connectivity index (χ3n) is 7.18. The smallest absolute Gasteiger partial charge is 0.0790 e. The molecule has 3 unspecified atom stereocenters. The zero-order valence-corrected chi connectivity index (χ0v) is 18.5. The van der Waals surface area contributed by atoms with E-state index >= 15 is 0 Å². The van der Waals surface area contributed by atoms with Gasteiger partial charge in [-0.1, -0.05) is 72.7 Å². The second-order valence-corrected chi connectivity index (χ2v) is 9.38. The van der Waals surface area contributed by atoms with Gasteiger partial charge in [-0.25, -0.2) is 0 Å². The maximum atomic E-state index is 11.1. The molecule has 0 heterocycles. The van der Waals surface area contributed by atoms with Gasteiger partial charge in [-0.15, -0.1) is 0 Å². The third-order valence-corrected chi connectivity index (χ3v) is 7.18. The van der Waals surface area contributed by atoms with E-state index in [2.05, 4.69) is 29.6 Å². The number of benzene rings is 2. The van der Waals surface area contributed by atoms with Crippen molar-refractivity contribution in [2.45, 2.75) is 82.5 Å². The second-order valence-electron chi connectivity index (χ2n) is 9.38. The van der Waals surface area contributed by atoms with E-state index in [4.69, 9.17) is 0 Å². The fourth-order valence-corrected chi connectivity index (χ4v) is 4.78. The summed E-state index contributed by atoms with van der Waals surface area (Å²) < 4.78 is 0. The molecule has 0 aromatic heterocycles. The van der Waals surface area contributed by atoms with Crippen molar-refractivity contribution < 1.29 is 10.2 Å². The highest BCUT2D eigenvalue weighted by atomic mass is 16.3. The monoisotopic (exact) mass is 419 g/mol. The molecule has 31 heavy (non-hydrogen) atoms. The van der Waals surface area contributed by atoms with E-state index < -0.39 is 6.10 Å². The Morgan fingerprint density at radius 2 is 1.58 bits per heavy atom. The van der Waals surface area contributed by atoms with Gasteiger partial charge in [0.1, 0.15) is 0 Å². The standard InChI is InChI=1S/C28H37NO2/c30-27(23-12-5-2-6-13-23)19-9-18-25(22-14-7-15-22)29-26(28(31)24-16-8-17-24)20-21-10-3-1-4-11-21/h1-6,10-13,24,26-31H,7-9,14-20H2. The van der Waals surface area contributed by atoms with Gasteiger partial charge in [0, 0.05) is 5.70 Å². The molecular formula is C28H37NO2. The van der Waals surface area contributed by atoms with E-state index in [1.54, 1.807) is 0 Å². The second kappa shape index (κ2) is 11.0. The summed E-state index contributed by atoms with van der Waals surface area (Å²) >= 11 is 0. The van der Waals surface area contributed by atoms with Gasteiger partial charge < -0.3 is 15.5 Å². The molecule has 2 aromatic carbocycles. The van der Waals surface area contributed by atoms with Crippen molar-refractivity contribution in [2.24, 2.45) is 5.92 Å². The lowest BCUT2D eigenvalue weighted by atomic mass is 9.77. The Kier molecular flexibility index (Phi) is 7.82. The number of aliphatic hydroxyl groups is 2. The van der Waals surface area contributed by atoms with E-state index in [1.807, 2.05) is 36.4 Å². The molecule has 0 aliphatic heterocycles. The van der Waals surface area contributed by atoms with Crippen LogP contribution in [0, 0.1) is 5.92 Å². The molecule has 3 heteroatoms. The first kappa shape index (κ1) is 22.1. The van der Waals surface area contributed by atoms with E-state index in [9.17, 15) is 10.2 Å². The normalized spacial score (nSPS) is 19.1. The highest BCUT2D eigenvalue weighted by Crippen LogP contribution is 2.34. The molecule has 3 N–H and O–H groups in total. The summed E-state index contributed by atoms with van der Waals surface area (Å²) in [5.41, 5.74) is 5.12. The maximum Gasteiger partial charge on any atom is 0.0790 e. The van der Waals surface area contributed by atoms with E-state index in [0.29, 0.717) is 5.92 Å². The van der Waals surface area contributed by atoms with E-state index in [-0.39, 0.29) is 12.1 Å². The summed E-state index contributed by atoms with van der Waals surface area (Å²) in [6, 6.07) is 20.5. The summed E-state index contributed by atoms with van der Waals surface area (Å²) in [6.45, 7) is 0. The zero-order chi connectivity index (χ0) is 21.5.